The van der Waals surface area contributed by atoms with Gasteiger partial charge in [-0.2, -0.15) is 0 Å². The number of rotatable bonds is 2. The van der Waals surface area contributed by atoms with Crippen LogP contribution in [-0.2, 0) is 10.8 Å². The van der Waals surface area contributed by atoms with Crippen LogP contribution in [0.5, 0.6) is 0 Å². The summed E-state index contributed by atoms with van der Waals surface area (Å²) in [4.78, 5) is 0. The molecule has 0 saturated heterocycles. The second kappa shape index (κ2) is 4.09. The van der Waals surface area contributed by atoms with E-state index in [1.807, 2.05) is 0 Å². The second-order valence-electron chi connectivity index (χ2n) is 8.62. The summed E-state index contributed by atoms with van der Waals surface area (Å²) < 4.78 is 0. The third-order valence-corrected chi connectivity index (χ3v) is 7.90. The molecule has 5 rings (SSSR count). The van der Waals surface area contributed by atoms with Crippen LogP contribution in [-0.4, -0.2) is 0 Å². The Hall–Kier alpha value is -1.56. The Bertz CT molecular complexity index is 754. The van der Waals surface area contributed by atoms with E-state index in [-0.39, 0.29) is 0 Å². The zero-order valence-electron chi connectivity index (χ0n) is 14.5. The van der Waals surface area contributed by atoms with Gasteiger partial charge in [-0.25, -0.2) is 0 Å². The Morgan fingerprint density at radius 3 is 1.83 bits per heavy atom. The lowest BCUT2D eigenvalue weighted by Crippen LogP contribution is -2.49. The molecule has 0 aromatic heterocycles. The molecule has 0 unspecified atom stereocenters. The minimum atomic E-state index is 0.367. The lowest BCUT2D eigenvalue weighted by atomic mass is 9.54. The SMILES string of the molecule is Cc1ccc([C@]23[C@@H]4CCC[C@@H]4[C@@]2(c2ccccc2)C3(C)C)cc1. The maximum Gasteiger partial charge on any atom is 0.0149 e. The molecule has 0 amide bonds. The van der Waals surface area contributed by atoms with Crippen molar-refractivity contribution >= 4 is 0 Å². The summed E-state index contributed by atoms with van der Waals surface area (Å²) in [6.07, 6.45) is 4.28. The summed E-state index contributed by atoms with van der Waals surface area (Å²) >= 11 is 0. The highest BCUT2D eigenvalue weighted by Gasteiger charge is 2.95. The van der Waals surface area contributed by atoms with Gasteiger partial charge >= 0.3 is 0 Å². The van der Waals surface area contributed by atoms with Crippen LogP contribution in [0.3, 0.4) is 0 Å². The van der Waals surface area contributed by atoms with Crippen molar-refractivity contribution in [1.29, 1.82) is 0 Å². The van der Waals surface area contributed by atoms with Gasteiger partial charge in [0.25, 0.3) is 0 Å². The van der Waals surface area contributed by atoms with Crippen molar-refractivity contribution in [3.63, 3.8) is 0 Å². The monoisotopic (exact) mass is 302 g/mol. The van der Waals surface area contributed by atoms with E-state index in [0.29, 0.717) is 16.2 Å². The number of benzene rings is 2. The second-order valence-corrected chi connectivity index (χ2v) is 8.62. The summed E-state index contributed by atoms with van der Waals surface area (Å²) in [5, 5.41) is 0. The van der Waals surface area contributed by atoms with E-state index >= 15 is 0 Å². The molecule has 3 fully saturated rings. The first-order valence-electron chi connectivity index (χ1n) is 9.21. The zero-order chi connectivity index (χ0) is 15.9. The first-order valence-corrected chi connectivity index (χ1v) is 9.21. The molecule has 0 heterocycles. The summed E-state index contributed by atoms with van der Waals surface area (Å²) in [5.41, 5.74) is 5.67. The quantitative estimate of drug-likeness (QED) is 0.673. The van der Waals surface area contributed by atoms with Crippen molar-refractivity contribution in [2.24, 2.45) is 17.3 Å². The standard InChI is InChI=1S/C23H26/c1-16-12-14-18(15-13-16)23-20-11-7-10-19(20)22(23,21(23,2)3)17-8-5-4-6-9-17/h4-6,8-9,12-15,19-20H,7,10-11H2,1-3H3/t19-,20+,22-,23+/m0/s1. The minimum absolute atomic E-state index is 0.367. The largest absolute Gasteiger partial charge is 0.0622 e. The molecular formula is C23H26. The summed E-state index contributed by atoms with van der Waals surface area (Å²) in [6, 6.07) is 20.9. The van der Waals surface area contributed by atoms with Crippen molar-refractivity contribution in [1.82, 2.24) is 0 Å². The molecule has 0 radical (unpaired) electrons. The van der Waals surface area contributed by atoms with Crippen LogP contribution in [0, 0.1) is 24.2 Å². The van der Waals surface area contributed by atoms with E-state index in [4.69, 9.17) is 0 Å². The fourth-order valence-electron chi connectivity index (χ4n) is 7.48. The van der Waals surface area contributed by atoms with Crippen LogP contribution < -0.4 is 0 Å². The van der Waals surface area contributed by atoms with Crippen molar-refractivity contribution in [3.8, 4) is 0 Å². The van der Waals surface area contributed by atoms with Gasteiger partial charge in [0.05, 0.1) is 0 Å². The molecule has 0 bridgehead atoms. The van der Waals surface area contributed by atoms with Crippen LogP contribution in [0.25, 0.3) is 0 Å². The smallest absolute Gasteiger partial charge is 0.0149 e. The van der Waals surface area contributed by atoms with Gasteiger partial charge in [0, 0.05) is 10.8 Å². The highest BCUT2D eigenvalue weighted by Crippen LogP contribution is 2.94. The molecule has 3 aliphatic carbocycles. The van der Waals surface area contributed by atoms with Crippen LogP contribution in [0.1, 0.15) is 49.8 Å². The van der Waals surface area contributed by atoms with Gasteiger partial charge in [0.1, 0.15) is 0 Å². The molecule has 3 saturated carbocycles. The Kier molecular flexibility index (Phi) is 2.46. The van der Waals surface area contributed by atoms with E-state index in [1.165, 1.54) is 24.8 Å². The van der Waals surface area contributed by atoms with Crippen molar-refractivity contribution in [2.45, 2.75) is 50.9 Å². The van der Waals surface area contributed by atoms with Gasteiger partial charge in [-0.05, 0) is 48.1 Å². The first-order chi connectivity index (χ1) is 11.1. The lowest BCUT2D eigenvalue weighted by Gasteiger charge is -2.49. The molecule has 0 heteroatoms. The number of hydrogen-bond donors (Lipinski definition) is 0. The van der Waals surface area contributed by atoms with Crippen LogP contribution in [0.15, 0.2) is 54.6 Å². The Morgan fingerprint density at radius 1 is 0.739 bits per heavy atom. The van der Waals surface area contributed by atoms with Gasteiger partial charge in [-0.15, -0.1) is 0 Å². The third kappa shape index (κ3) is 1.22. The first kappa shape index (κ1) is 13.8. The van der Waals surface area contributed by atoms with E-state index in [2.05, 4.69) is 75.4 Å². The maximum atomic E-state index is 2.54. The van der Waals surface area contributed by atoms with Crippen molar-refractivity contribution in [3.05, 3.63) is 71.3 Å². The minimum Gasteiger partial charge on any atom is -0.0622 e. The molecule has 2 aromatic carbocycles. The van der Waals surface area contributed by atoms with Gasteiger partial charge < -0.3 is 0 Å². The molecule has 2 aromatic rings. The number of aryl methyl sites for hydroxylation is 1. The fourth-order valence-corrected chi connectivity index (χ4v) is 7.48. The average Bonchev–Trinajstić information content (AvgIpc) is 2.80. The molecule has 3 aliphatic rings. The van der Waals surface area contributed by atoms with E-state index in [1.54, 1.807) is 11.1 Å². The predicted octanol–water partition coefficient (Wildman–Crippen LogP) is 5.64. The maximum absolute atomic E-state index is 2.54. The molecule has 0 aliphatic heterocycles. The van der Waals surface area contributed by atoms with E-state index < -0.39 is 0 Å². The van der Waals surface area contributed by atoms with Gasteiger partial charge in [0.15, 0.2) is 0 Å². The molecule has 0 spiro atoms. The van der Waals surface area contributed by atoms with Crippen molar-refractivity contribution < 1.29 is 0 Å². The summed E-state index contributed by atoms with van der Waals surface area (Å²) in [5.74, 6) is 1.78. The zero-order valence-corrected chi connectivity index (χ0v) is 14.5. The van der Waals surface area contributed by atoms with Gasteiger partial charge in [0.2, 0.25) is 0 Å². The molecule has 23 heavy (non-hydrogen) atoms. The Balaban J connectivity index is 1.75. The van der Waals surface area contributed by atoms with E-state index in [9.17, 15) is 0 Å². The Labute approximate surface area is 139 Å². The van der Waals surface area contributed by atoms with Crippen LogP contribution >= 0.6 is 0 Å². The lowest BCUT2D eigenvalue weighted by molar-refractivity contribution is 0.120. The molecule has 118 valence electrons. The van der Waals surface area contributed by atoms with Gasteiger partial charge in [-0.3, -0.25) is 0 Å². The topological polar surface area (TPSA) is 0 Å². The van der Waals surface area contributed by atoms with Crippen LogP contribution in [0.2, 0.25) is 0 Å². The number of fused-ring (bicyclic) bond motifs is 4. The summed E-state index contributed by atoms with van der Waals surface area (Å²) in [7, 11) is 0. The molecular weight excluding hydrogens is 276 g/mol. The Morgan fingerprint density at radius 2 is 1.26 bits per heavy atom. The normalized spacial score (nSPS) is 39.3. The van der Waals surface area contributed by atoms with Crippen LogP contribution in [0.4, 0.5) is 0 Å². The van der Waals surface area contributed by atoms with Crippen molar-refractivity contribution in [2.75, 3.05) is 0 Å². The van der Waals surface area contributed by atoms with Gasteiger partial charge in [-0.1, -0.05) is 80.4 Å². The summed E-state index contributed by atoms with van der Waals surface area (Å²) in [6.45, 7) is 7.28. The highest BCUT2D eigenvalue weighted by molar-refractivity contribution is 5.64. The molecule has 0 N–H and O–H groups in total. The fraction of sp³-hybridized carbons (Fsp3) is 0.478. The molecule has 0 nitrogen and oxygen atoms in total. The third-order valence-electron chi connectivity index (χ3n) is 7.90. The van der Waals surface area contributed by atoms with E-state index in [0.717, 1.165) is 11.8 Å². The molecule has 4 atom stereocenters. The number of hydrogen-bond acceptors (Lipinski definition) is 0. The predicted molar refractivity (Wildman–Crippen MR) is 95.6 cm³/mol. The average molecular weight is 302 g/mol. The highest BCUT2D eigenvalue weighted by atomic mass is 15.0.